The maximum atomic E-state index is 13.2. The molecule has 0 saturated carbocycles. The van der Waals surface area contributed by atoms with Crippen LogP contribution in [-0.4, -0.2) is 90.2 Å². The summed E-state index contributed by atoms with van der Waals surface area (Å²) >= 11 is 0. The van der Waals surface area contributed by atoms with E-state index in [1.165, 1.54) is 24.5 Å². The number of methoxy groups -OCH3 is 2. The molecule has 14 nitrogen and oxygen atoms in total. The summed E-state index contributed by atoms with van der Waals surface area (Å²) in [5.41, 5.74) is 6.56. The Morgan fingerprint density at radius 2 is 1.05 bits per heavy atom. The lowest BCUT2D eigenvalue weighted by Gasteiger charge is -2.37. The highest BCUT2D eigenvalue weighted by Crippen LogP contribution is 2.32. The molecule has 2 aromatic carbocycles. The fourth-order valence-electron chi connectivity index (χ4n) is 7.50. The number of amides is 2. The maximum Gasteiger partial charge on any atom is 0.289 e. The Bertz CT molecular complexity index is 2500. The maximum absolute atomic E-state index is 13.2. The number of nitrogens with zero attached hydrogens (tertiary/aromatic N) is 8. The van der Waals surface area contributed by atoms with Gasteiger partial charge in [0.15, 0.2) is 11.5 Å². The van der Waals surface area contributed by atoms with Gasteiger partial charge in [-0.25, -0.2) is 19.9 Å². The molecule has 6 aromatic rings. The van der Waals surface area contributed by atoms with Gasteiger partial charge in [-0.3, -0.25) is 9.59 Å². The van der Waals surface area contributed by atoms with Crippen molar-refractivity contribution in [3.63, 3.8) is 0 Å². The van der Waals surface area contributed by atoms with Crippen LogP contribution in [0.2, 0.25) is 0 Å². The van der Waals surface area contributed by atoms with Crippen LogP contribution in [0.4, 0.5) is 8.78 Å². The van der Waals surface area contributed by atoms with Gasteiger partial charge in [0.2, 0.25) is 11.9 Å². The second kappa shape index (κ2) is 19.4. The number of aryl methyl sites for hydroxylation is 2. The lowest BCUT2D eigenvalue weighted by molar-refractivity contribution is -0.142. The Morgan fingerprint density at radius 1 is 0.641 bits per heavy atom. The molecule has 2 amide bonds. The first-order chi connectivity index (χ1) is 30.7. The fourth-order valence-corrected chi connectivity index (χ4v) is 7.50. The van der Waals surface area contributed by atoms with Gasteiger partial charge >= 0.3 is 0 Å². The zero-order valence-electron chi connectivity index (χ0n) is 36.9. The molecule has 2 aliphatic rings. The van der Waals surface area contributed by atoms with E-state index < -0.39 is 11.9 Å². The largest absolute Gasteiger partial charge is 0.495 e. The number of hydrogen-bond acceptors (Lipinski definition) is 10. The van der Waals surface area contributed by atoms with E-state index in [4.69, 9.17) is 18.9 Å². The summed E-state index contributed by atoms with van der Waals surface area (Å²) < 4.78 is 53.0. The lowest BCUT2D eigenvalue weighted by Crippen LogP contribution is -2.45. The zero-order chi connectivity index (χ0) is 45.7. The SMILES string of the molecule is COc1cc(/C=C2\O[C@@H](C)CN([C@@H](C)c3ccc(F)nc3)C2=O)ccc1-n1cnc(C)c1.COc1cc(/C=C2\O[C@@H](C)CN([C@H](C)c3ccc(F)nc3)C2=O)ccc1-n1cnc(C)c1. The summed E-state index contributed by atoms with van der Waals surface area (Å²) in [6.45, 7) is 12.3. The molecule has 2 saturated heterocycles. The minimum atomic E-state index is -0.550. The molecular formula is C48H50F2N8O6. The van der Waals surface area contributed by atoms with E-state index in [1.807, 2.05) is 99.5 Å². The minimum absolute atomic E-state index is 0.190. The molecule has 0 spiro atoms. The summed E-state index contributed by atoms with van der Waals surface area (Å²) in [6.07, 6.45) is 13.2. The molecule has 2 aliphatic heterocycles. The third-order valence-electron chi connectivity index (χ3n) is 10.9. The highest BCUT2D eigenvalue weighted by atomic mass is 19.1. The summed E-state index contributed by atoms with van der Waals surface area (Å²) in [4.78, 5) is 45.8. The van der Waals surface area contributed by atoms with Crippen LogP contribution < -0.4 is 9.47 Å². The number of imidazole rings is 2. The first-order valence-corrected chi connectivity index (χ1v) is 20.7. The topological polar surface area (TPSA) is 139 Å². The molecule has 0 aliphatic carbocycles. The standard InChI is InChI=1S/2C24H25FN4O3/c2*1-15-12-28(14-27-15)20-7-5-18(9-21(20)31-4)10-22-24(30)29(13-16(2)32-22)17(3)19-6-8-23(25)26-11-19/h2*5-12,14,16-17H,13H2,1-4H3/b2*22-10-/t16-,17+;16-,17-/m00/s1. The molecule has 0 radical (unpaired) electrons. The van der Waals surface area contributed by atoms with Crippen molar-refractivity contribution in [1.82, 2.24) is 38.9 Å². The number of hydrogen-bond donors (Lipinski definition) is 0. The Hall–Kier alpha value is -7.36. The highest BCUT2D eigenvalue weighted by Gasteiger charge is 2.34. The summed E-state index contributed by atoms with van der Waals surface area (Å²) in [5, 5.41) is 0. The van der Waals surface area contributed by atoms with Crippen LogP contribution in [0.5, 0.6) is 11.5 Å². The summed E-state index contributed by atoms with van der Waals surface area (Å²) in [7, 11) is 3.20. The third-order valence-corrected chi connectivity index (χ3v) is 10.9. The van der Waals surface area contributed by atoms with Crippen molar-refractivity contribution < 1.29 is 37.3 Å². The molecule has 332 valence electrons. The number of morpholine rings is 2. The third kappa shape index (κ3) is 10.1. The molecule has 0 unspecified atom stereocenters. The first-order valence-electron chi connectivity index (χ1n) is 20.7. The molecule has 16 heteroatoms. The molecule has 4 aromatic heterocycles. The molecule has 0 bridgehead atoms. The number of carbonyl (C=O) groups is 2. The van der Waals surface area contributed by atoms with Gasteiger partial charge in [-0.2, -0.15) is 8.78 Å². The number of carbonyl (C=O) groups excluding carboxylic acids is 2. The molecular weight excluding hydrogens is 823 g/mol. The summed E-state index contributed by atoms with van der Waals surface area (Å²) in [6, 6.07) is 16.7. The van der Waals surface area contributed by atoms with Gasteiger partial charge in [0.1, 0.15) is 23.7 Å². The van der Waals surface area contributed by atoms with Gasteiger partial charge in [-0.1, -0.05) is 24.3 Å². The molecule has 0 N–H and O–H groups in total. The van der Waals surface area contributed by atoms with Crippen molar-refractivity contribution in [1.29, 1.82) is 0 Å². The number of rotatable bonds is 10. The van der Waals surface area contributed by atoms with Gasteiger partial charge in [0, 0.05) is 24.8 Å². The number of halogens is 2. The van der Waals surface area contributed by atoms with Crippen molar-refractivity contribution in [2.24, 2.45) is 0 Å². The van der Waals surface area contributed by atoms with E-state index >= 15 is 0 Å². The quantitative estimate of drug-likeness (QED) is 0.0980. The normalized spacial score (nSPS) is 18.5. The Kier molecular flexibility index (Phi) is 13.5. The van der Waals surface area contributed by atoms with E-state index in [-0.39, 0.29) is 47.6 Å². The Morgan fingerprint density at radius 3 is 1.38 bits per heavy atom. The molecule has 64 heavy (non-hydrogen) atoms. The Balaban J connectivity index is 0.000000191. The smallest absolute Gasteiger partial charge is 0.289 e. The highest BCUT2D eigenvalue weighted by molar-refractivity contribution is 5.97. The number of pyridine rings is 2. The fraction of sp³-hybridized carbons (Fsp3) is 0.292. The Labute approximate surface area is 370 Å². The van der Waals surface area contributed by atoms with E-state index in [0.717, 1.165) is 45.0 Å². The minimum Gasteiger partial charge on any atom is -0.495 e. The molecule has 2 fully saturated rings. The average molecular weight is 873 g/mol. The summed E-state index contributed by atoms with van der Waals surface area (Å²) in [5.74, 6) is 0.239. The van der Waals surface area contributed by atoms with Crippen LogP contribution in [0.15, 0.2) is 110 Å². The monoisotopic (exact) mass is 872 g/mol. The van der Waals surface area contributed by atoms with Gasteiger partial charge in [-0.05, 0) is 112 Å². The molecule has 6 heterocycles. The zero-order valence-corrected chi connectivity index (χ0v) is 36.9. The first kappa shape index (κ1) is 44.7. The van der Waals surface area contributed by atoms with Crippen molar-refractivity contribution in [2.75, 3.05) is 27.3 Å². The van der Waals surface area contributed by atoms with Crippen molar-refractivity contribution in [3.8, 4) is 22.9 Å². The molecule has 4 atom stereocenters. The van der Waals surface area contributed by atoms with Crippen molar-refractivity contribution >= 4 is 24.0 Å². The van der Waals surface area contributed by atoms with Crippen LogP contribution in [0.25, 0.3) is 23.5 Å². The second-order valence-electron chi connectivity index (χ2n) is 15.7. The van der Waals surface area contributed by atoms with Crippen LogP contribution in [-0.2, 0) is 19.1 Å². The average Bonchev–Trinajstić information content (AvgIpc) is 3.93. The number of ether oxygens (including phenoxy) is 4. The van der Waals surface area contributed by atoms with E-state index in [0.29, 0.717) is 24.6 Å². The van der Waals surface area contributed by atoms with Crippen LogP contribution in [0.1, 0.15) is 73.4 Å². The van der Waals surface area contributed by atoms with Crippen LogP contribution in [0.3, 0.4) is 0 Å². The lowest BCUT2D eigenvalue weighted by atomic mass is 10.1. The predicted octanol–water partition coefficient (Wildman–Crippen LogP) is 8.15. The van der Waals surface area contributed by atoms with Crippen LogP contribution >= 0.6 is 0 Å². The second-order valence-corrected chi connectivity index (χ2v) is 15.7. The number of benzene rings is 2. The van der Waals surface area contributed by atoms with Crippen molar-refractivity contribution in [3.05, 3.63) is 155 Å². The molecule has 8 rings (SSSR count). The van der Waals surface area contributed by atoms with Gasteiger partial charge in [-0.15, -0.1) is 0 Å². The van der Waals surface area contributed by atoms with E-state index in [9.17, 15) is 18.4 Å². The van der Waals surface area contributed by atoms with Crippen LogP contribution in [0, 0.1) is 25.7 Å². The van der Waals surface area contributed by atoms with Gasteiger partial charge in [0.05, 0.1) is 74.8 Å². The van der Waals surface area contributed by atoms with E-state index in [2.05, 4.69) is 19.9 Å². The predicted molar refractivity (Wildman–Crippen MR) is 235 cm³/mol. The number of aromatic nitrogens is 6. The van der Waals surface area contributed by atoms with E-state index in [1.54, 1.807) is 61.0 Å². The van der Waals surface area contributed by atoms with Gasteiger partial charge < -0.3 is 37.9 Å². The van der Waals surface area contributed by atoms with Gasteiger partial charge in [0.25, 0.3) is 11.8 Å². The van der Waals surface area contributed by atoms with Crippen molar-refractivity contribution in [2.45, 2.75) is 65.8 Å².